The second kappa shape index (κ2) is 2.69. The SMILES string of the molecule is CC1(C)CCCC2(C)OC12/C=C/C=O. The third kappa shape index (κ3) is 1.04. The second-order valence-corrected chi connectivity index (χ2v) is 5.30. The van der Waals surface area contributed by atoms with E-state index >= 15 is 0 Å². The largest absolute Gasteiger partial charge is 0.358 e. The molecule has 0 aromatic rings. The van der Waals surface area contributed by atoms with Crippen LogP contribution in [0.2, 0.25) is 0 Å². The topological polar surface area (TPSA) is 29.6 Å². The Balaban J connectivity index is 2.32. The zero-order valence-corrected chi connectivity index (χ0v) is 9.17. The van der Waals surface area contributed by atoms with Crippen LogP contribution >= 0.6 is 0 Å². The van der Waals surface area contributed by atoms with E-state index in [1.807, 2.05) is 6.08 Å². The summed E-state index contributed by atoms with van der Waals surface area (Å²) in [5.74, 6) is 0. The molecule has 0 radical (unpaired) electrons. The molecule has 1 heterocycles. The Morgan fingerprint density at radius 1 is 1.21 bits per heavy atom. The lowest BCUT2D eigenvalue weighted by Gasteiger charge is -2.36. The molecule has 2 rings (SSSR count). The van der Waals surface area contributed by atoms with Gasteiger partial charge in [-0.05, 0) is 38.3 Å². The van der Waals surface area contributed by atoms with Gasteiger partial charge in [0.25, 0.3) is 0 Å². The van der Waals surface area contributed by atoms with E-state index < -0.39 is 0 Å². The van der Waals surface area contributed by atoms with Crippen molar-refractivity contribution in [3.05, 3.63) is 12.2 Å². The lowest BCUT2D eigenvalue weighted by atomic mass is 9.64. The minimum Gasteiger partial charge on any atom is -0.358 e. The van der Waals surface area contributed by atoms with E-state index in [9.17, 15) is 4.79 Å². The highest BCUT2D eigenvalue weighted by atomic mass is 16.6. The van der Waals surface area contributed by atoms with Crippen molar-refractivity contribution in [2.45, 2.75) is 51.2 Å². The third-order valence-electron chi connectivity index (χ3n) is 4.00. The molecule has 14 heavy (non-hydrogen) atoms. The summed E-state index contributed by atoms with van der Waals surface area (Å²) in [6, 6.07) is 0. The molecule has 1 aliphatic carbocycles. The fourth-order valence-electron chi connectivity index (χ4n) is 3.08. The van der Waals surface area contributed by atoms with Gasteiger partial charge in [0.05, 0.1) is 5.60 Å². The van der Waals surface area contributed by atoms with E-state index in [1.165, 1.54) is 12.8 Å². The summed E-state index contributed by atoms with van der Waals surface area (Å²) in [5.41, 5.74) is -0.0487. The monoisotopic (exact) mass is 194 g/mol. The number of hydrogen-bond acceptors (Lipinski definition) is 2. The van der Waals surface area contributed by atoms with Crippen molar-refractivity contribution >= 4 is 6.29 Å². The Bertz CT molecular complexity index is 293. The van der Waals surface area contributed by atoms with Gasteiger partial charge in [-0.25, -0.2) is 0 Å². The van der Waals surface area contributed by atoms with Crippen molar-refractivity contribution in [3.63, 3.8) is 0 Å². The van der Waals surface area contributed by atoms with Crippen molar-refractivity contribution in [1.29, 1.82) is 0 Å². The Hall–Kier alpha value is -0.630. The van der Waals surface area contributed by atoms with Crippen LogP contribution in [-0.4, -0.2) is 17.5 Å². The van der Waals surface area contributed by atoms with Gasteiger partial charge in [0.2, 0.25) is 0 Å². The highest BCUT2D eigenvalue weighted by Gasteiger charge is 2.72. The standard InChI is InChI=1S/C12H18O2/c1-10(2)6-4-7-11(3)12(10,14-11)8-5-9-13/h5,8-9H,4,6-7H2,1-3H3/b8-5+. The molecule has 0 aromatic carbocycles. The molecule has 1 saturated heterocycles. The Kier molecular flexibility index (Phi) is 1.91. The molecule has 2 aliphatic rings. The Morgan fingerprint density at radius 3 is 2.50 bits per heavy atom. The molecule has 0 spiro atoms. The average molecular weight is 194 g/mol. The van der Waals surface area contributed by atoms with Gasteiger partial charge in [-0.3, -0.25) is 4.79 Å². The predicted molar refractivity (Wildman–Crippen MR) is 55.1 cm³/mol. The molecule has 0 aromatic heterocycles. The van der Waals surface area contributed by atoms with Gasteiger partial charge in [0.15, 0.2) is 0 Å². The molecule has 2 nitrogen and oxygen atoms in total. The van der Waals surface area contributed by atoms with Crippen LogP contribution in [-0.2, 0) is 9.53 Å². The number of carbonyl (C=O) groups excluding carboxylic acids is 1. The van der Waals surface area contributed by atoms with Gasteiger partial charge in [-0.2, -0.15) is 0 Å². The number of carbonyl (C=O) groups is 1. The van der Waals surface area contributed by atoms with Gasteiger partial charge in [-0.1, -0.05) is 13.8 Å². The number of hydrogen-bond donors (Lipinski definition) is 0. The van der Waals surface area contributed by atoms with E-state index in [-0.39, 0.29) is 16.6 Å². The predicted octanol–water partition coefficient (Wildman–Crippen LogP) is 2.48. The zero-order valence-electron chi connectivity index (χ0n) is 9.17. The Labute approximate surface area is 85.3 Å². The summed E-state index contributed by atoms with van der Waals surface area (Å²) >= 11 is 0. The van der Waals surface area contributed by atoms with Crippen molar-refractivity contribution < 1.29 is 9.53 Å². The first kappa shape index (κ1) is 9.91. The summed E-state index contributed by atoms with van der Waals surface area (Å²) in [4.78, 5) is 10.4. The molecule has 2 atom stereocenters. The zero-order chi connectivity index (χ0) is 10.4. The number of epoxide rings is 1. The molecule has 2 unspecified atom stereocenters. The van der Waals surface area contributed by atoms with Crippen LogP contribution in [0, 0.1) is 5.41 Å². The molecular formula is C12H18O2. The van der Waals surface area contributed by atoms with Crippen LogP contribution in [0.25, 0.3) is 0 Å². The van der Waals surface area contributed by atoms with Crippen LogP contribution in [0.15, 0.2) is 12.2 Å². The van der Waals surface area contributed by atoms with Crippen LogP contribution in [0.1, 0.15) is 40.0 Å². The number of rotatable bonds is 2. The molecule has 2 fully saturated rings. The van der Waals surface area contributed by atoms with Crippen molar-refractivity contribution in [2.75, 3.05) is 0 Å². The number of ether oxygens (including phenoxy) is 1. The first-order valence-corrected chi connectivity index (χ1v) is 5.31. The quantitative estimate of drug-likeness (QED) is 0.384. The van der Waals surface area contributed by atoms with Crippen LogP contribution in [0.4, 0.5) is 0 Å². The molecule has 2 heteroatoms. The fraction of sp³-hybridized carbons (Fsp3) is 0.750. The molecule has 1 aliphatic heterocycles. The van der Waals surface area contributed by atoms with Gasteiger partial charge < -0.3 is 4.74 Å². The molecule has 0 bridgehead atoms. The molecular weight excluding hydrogens is 176 g/mol. The van der Waals surface area contributed by atoms with Crippen molar-refractivity contribution in [1.82, 2.24) is 0 Å². The van der Waals surface area contributed by atoms with E-state index in [0.29, 0.717) is 0 Å². The number of fused-ring (bicyclic) bond motifs is 1. The maximum atomic E-state index is 10.4. The van der Waals surface area contributed by atoms with E-state index in [1.54, 1.807) is 6.08 Å². The van der Waals surface area contributed by atoms with Gasteiger partial charge >= 0.3 is 0 Å². The summed E-state index contributed by atoms with van der Waals surface area (Å²) in [6.45, 7) is 6.61. The maximum Gasteiger partial charge on any atom is 0.142 e. The van der Waals surface area contributed by atoms with E-state index in [2.05, 4.69) is 20.8 Å². The van der Waals surface area contributed by atoms with Crippen molar-refractivity contribution in [3.8, 4) is 0 Å². The van der Waals surface area contributed by atoms with Crippen LogP contribution in [0.5, 0.6) is 0 Å². The van der Waals surface area contributed by atoms with E-state index in [0.717, 1.165) is 12.7 Å². The summed E-state index contributed by atoms with van der Waals surface area (Å²) in [6.07, 6.45) is 7.88. The molecule has 0 amide bonds. The first-order chi connectivity index (χ1) is 6.47. The summed E-state index contributed by atoms with van der Waals surface area (Å²) in [7, 11) is 0. The molecule has 0 N–H and O–H groups in total. The van der Waals surface area contributed by atoms with E-state index in [4.69, 9.17) is 4.74 Å². The lowest BCUT2D eigenvalue weighted by molar-refractivity contribution is -0.104. The van der Waals surface area contributed by atoms with Gasteiger partial charge in [0, 0.05) is 5.41 Å². The highest BCUT2D eigenvalue weighted by molar-refractivity contribution is 5.65. The minimum atomic E-state index is -0.181. The van der Waals surface area contributed by atoms with Crippen LogP contribution < -0.4 is 0 Å². The van der Waals surface area contributed by atoms with Gasteiger partial charge in [-0.15, -0.1) is 0 Å². The summed E-state index contributed by atoms with van der Waals surface area (Å²) < 4.78 is 5.92. The third-order valence-corrected chi connectivity index (χ3v) is 4.00. The minimum absolute atomic E-state index is 0.0196. The highest BCUT2D eigenvalue weighted by Crippen LogP contribution is 2.65. The van der Waals surface area contributed by atoms with Gasteiger partial charge in [0.1, 0.15) is 11.9 Å². The van der Waals surface area contributed by atoms with Crippen molar-refractivity contribution in [2.24, 2.45) is 5.41 Å². The number of allylic oxidation sites excluding steroid dienone is 1. The number of aldehydes is 1. The van der Waals surface area contributed by atoms with Crippen LogP contribution in [0.3, 0.4) is 0 Å². The molecule has 78 valence electrons. The Morgan fingerprint density at radius 2 is 1.93 bits per heavy atom. The average Bonchev–Trinajstić information content (AvgIpc) is 2.70. The maximum absolute atomic E-state index is 10.4. The normalized spacial score (nSPS) is 44.8. The fourth-order valence-corrected chi connectivity index (χ4v) is 3.08. The molecule has 1 saturated carbocycles. The first-order valence-electron chi connectivity index (χ1n) is 5.31. The summed E-state index contributed by atoms with van der Waals surface area (Å²) in [5, 5.41) is 0. The lowest BCUT2D eigenvalue weighted by Crippen LogP contribution is -2.41. The second-order valence-electron chi connectivity index (χ2n) is 5.30. The smallest absolute Gasteiger partial charge is 0.142 e.